The molecule has 0 unspecified atom stereocenters. The number of halogens is 1. The van der Waals surface area contributed by atoms with E-state index in [2.05, 4.69) is 21.2 Å². The van der Waals surface area contributed by atoms with Gasteiger partial charge in [0.05, 0.1) is 6.04 Å². The van der Waals surface area contributed by atoms with Gasteiger partial charge in [0.25, 0.3) is 5.91 Å². The van der Waals surface area contributed by atoms with E-state index in [0.717, 1.165) is 15.8 Å². The first kappa shape index (κ1) is 18.3. The third kappa shape index (κ3) is 5.57. The zero-order chi connectivity index (χ0) is 17.5. The first-order valence-corrected chi connectivity index (χ1v) is 8.66. The lowest BCUT2D eigenvalue weighted by atomic mass is 10.2. The molecule has 0 spiro atoms. The van der Waals surface area contributed by atoms with Crippen molar-refractivity contribution in [3.8, 4) is 11.5 Å². The minimum absolute atomic E-state index is 0.118. The largest absolute Gasteiger partial charge is 0.491 e. The van der Waals surface area contributed by atoms with Gasteiger partial charge in [0.15, 0.2) is 6.10 Å². The molecule has 0 aliphatic heterocycles. The zero-order valence-electron chi connectivity index (χ0n) is 14.1. The van der Waals surface area contributed by atoms with Crippen molar-refractivity contribution in [2.24, 2.45) is 0 Å². The number of benzene rings is 2. The number of carbonyl (C=O) groups is 1. The molecule has 0 aliphatic carbocycles. The van der Waals surface area contributed by atoms with E-state index in [9.17, 15) is 4.79 Å². The fourth-order valence-electron chi connectivity index (χ4n) is 2.11. The number of hydrogen-bond acceptors (Lipinski definition) is 3. The van der Waals surface area contributed by atoms with Gasteiger partial charge in [0, 0.05) is 4.47 Å². The maximum absolute atomic E-state index is 12.2. The topological polar surface area (TPSA) is 47.6 Å². The summed E-state index contributed by atoms with van der Waals surface area (Å²) < 4.78 is 12.4. The SMILES string of the molecule is Cc1ccccc1OC[C@H](C)NC(=O)[C@@H](C)Oc1ccc(Br)cc1. The second-order valence-corrected chi connectivity index (χ2v) is 6.62. The first-order valence-electron chi connectivity index (χ1n) is 7.86. The maximum atomic E-state index is 12.2. The van der Waals surface area contributed by atoms with E-state index < -0.39 is 6.10 Å². The maximum Gasteiger partial charge on any atom is 0.261 e. The van der Waals surface area contributed by atoms with Gasteiger partial charge >= 0.3 is 0 Å². The van der Waals surface area contributed by atoms with Crippen LogP contribution < -0.4 is 14.8 Å². The molecule has 0 aromatic heterocycles. The molecule has 0 heterocycles. The Labute approximate surface area is 151 Å². The van der Waals surface area contributed by atoms with Crippen molar-refractivity contribution in [1.29, 1.82) is 0 Å². The van der Waals surface area contributed by atoms with Gasteiger partial charge in [0.1, 0.15) is 18.1 Å². The number of ether oxygens (including phenoxy) is 2. The molecule has 0 fully saturated rings. The summed E-state index contributed by atoms with van der Waals surface area (Å²) in [6.07, 6.45) is -0.577. The van der Waals surface area contributed by atoms with Crippen molar-refractivity contribution in [3.63, 3.8) is 0 Å². The minimum atomic E-state index is -0.577. The fourth-order valence-corrected chi connectivity index (χ4v) is 2.37. The summed E-state index contributed by atoms with van der Waals surface area (Å²) >= 11 is 3.37. The van der Waals surface area contributed by atoms with Gasteiger partial charge in [-0.3, -0.25) is 4.79 Å². The van der Waals surface area contributed by atoms with E-state index in [-0.39, 0.29) is 11.9 Å². The number of aryl methyl sites for hydroxylation is 1. The summed E-state index contributed by atoms with van der Waals surface area (Å²) in [5.74, 6) is 1.32. The molecule has 0 bridgehead atoms. The van der Waals surface area contributed by atoms with E-state index in [1.54, 1.807) is 6.92 Å². The minimum Gasteiger partial charge on any atom is -0.491 e. The molecular weight excluding hydrogens is 370 g/mol. The predicted octanol–water partition coefficient (Wildman–Crippen LogP) is 4.11. The quantitative estimate of drug-likeness (QED) is 0.772. The molecule has 4 nitrogen and oxygen atoms in total. The van der Waals surface area contributed by atoms with Crippen LogP contribution in [0.15, 0.2) is 53.0 Å². The van der Waals surface area contributed by atoms with Crippen LogP contribution in [0.5, 0.6) is 11.5 Å². The van der Waals surface area contributed by atoms with Crippen molar-refractivity contribution >= 4 is 21.8 Å². The Morgan fingerprint density at radius 3 is 2.46 bits per heavy atom. The molecule has 2 aromatic carbocycles. The monoisotopic (exact) mass is 391 g/mol. The Hall–Kier alpha value is -2.01. The van der Waals surface area contributed by atoms with Crippen LogP contribution in [-0.4, -0.2) is 24.7 Å². The van der Waals surface area contributed by atoms with Crippen LogP contribution in [0, 0.1) is 6.92 Å². The Morgan fingerprint density at radius 1 is 1.12 bits per heavy atom. The van der Waals surface area contributed by atoms with Gasteiger partial charge in [0.2, 0.25) is 0 Å². The van der Waals surface area contributed by atoms with E-state index >= 15 is 0 Å². The van der Waals surface area contributed by atoms with Gasteiger partial charge in [-0.05, 0) is 56.7 Å². The van der Waals surface area contributed by atoms with Crippen LogP contribution >= 0.6 is 15.9 Å². The highest BCUT2D eigenvalue weighted by Gasteiger charge is 2.17. The highest BCUT2D eigenvalue weighted by atomic mass is 79.9. The Kier molecular flexibility index (Phi) is 6.67. The highest BCUT2D eigenvalue weighted by Crippen LogP contribution is 2.18. The number of hydrogen-bond donors (Lipinski definition) is 1. The molecule has 0 radical (unpaired) electrons. The van der Waals surface area contributed by atoms with Gasteiger partial charge in [-0.25, -0.2) is 0 Å². The predicted molar refractivity (Wildman–Crippen MR) is 98.5 cm³/mol. The number of amides is 1. The third-order valence-electron chi connectivity index (χ3n) is 3.47. The summed E-state index contributed by atoms with van der Waals surface area (Å²) in [4.78, 5) is 12.2. The van der Waals surface area contributed by atoms with Gasteiger partial charge < -0.3 is 14.8 Å². The summed E-state index contributed by atoms with van der Waals surface area (Å²) in [6, 6.07) is 15.1. The molecule has 0 aliphatic rings. The van der Waals surface area contributed by atoms with E-state index in [4.69, 9.17) is 9.47 Å². The number of para-hydroxylation sites is 1. The van der Waals surface area contributed by atoms with Crippen molar-refractivity contribution in [2.45, 2.75) is 32.9 Å². The summed E-state index contributed by atoms with van der Waals surface area (Å²) in [5, 5.41) is 2.90. The van der Waals surface area contributed by atoms with Gasteiger partial charge in [-0.15, -0.1) is 0 Å². The molecule has 2 atom stereocenters. The molecule has 2 rings (SSSR count). The lowest BCUT2D eigenvalue weighted by molar-refractivity contribution is -0.128. The van der Waals surface area contributed by atoms with Crippen molar-refractivity contribution in [1.82, 2.24) is 5.32 Å². The van der Waals surface area contributed by atoms with E-state index in [0.29, 0.717) is 12.4 Å². The lowest BCUT2D eigenvalue weighted by Gasteiger charge is -2.19. The summed E-state index contributed by atoms with van der Waals surface area (Å²) in [5.41, 5.74) is 1.07. The Morgan fingerprint density at radius 2 is 1.79 bits per heavy atom. The van der Waals surface area contributed by atoms with Crippen molar-refractivity contribution in [2.75, 3.05) is 6.61 Å². The van der Waals surface area contributed by atoms with E-state index in [1.165, 1.54) is 0 Å². The van der Waals surface area contributed by atoms with Crippen LogP contribution in [0.3, 0.4) is 0 Å². The molecule has 24 heavy (non-hydrogen) atoms. The molecule has 128 valence electrons. The average Bonchev–Trinajstić information content (AvgIpc) is 2.56. The van der Waals surface area contributed by atoms with Crippen LogP contribution in [0.4, 0.5) is 0 Å². The van der Waals surface area contributed by atoms with Crippen LogP contribution in [0.2, 0.25) is 0 Å². The molecular formula is C19H22BrNO3. The van der Waals surface area contributed by atoms with Crippen LogP contribution in [0.25, 0.3) is 0 Å². The molecule has 0 saturated heterocycles. The Bertz CT molecular complexity index is 673. The molecule has 0 saturated carbocycles. The highest BCUT2D eigenvalue weighted by molar-refractivity contribution is 9.10. The lowest BCUT2D eigenvalue weighted by Crippen LogP contribution is -2.43. The van der Waals surface area contributed by atoms with Gasteiger partial charge in [-0.2, -0.15) is 0 Å². The number of rotatable bonds is 7. The second kappa shape index (κ2) is 8.73. The summed E-state index contributed by atoms with van der Waals surface area (Å²) in [6.45, 7) is 6.03. The van der Waals surface area contributed by atoms with Crippen molar-refractivity contribution < 1.29 is 14.3 Å². The average molecular weight is 392 g/mol. The Balaban J connectivity index is 1.80. The number of carbonyl (C=O) groups excluding carboxylic acids is 1. The smallest absolute Gasteiger partial charge is 0.261 e. The normalized spacial score (nSPS) is 13.0. The van der Waals surface area contributed by atoms with Crippen LogP contribution in [-0.2, 0) is 4.79 Å². The fraction of sp³-hybridized carbons (Fsp3) is 0.316. The standard InChI is InChI=1S/C19H22BrNO3/c1-13-6-4-5-7-18(13)23-12-14(2)21-19(22)15(3)24-17-10-8-16(20)9-11-17/h4-11,14-15H,12H2,1-3H3,(H,21,22)/t14-,15+/m0/s1. The molecule has 1 amide bonds. The third-order valence-corrected chi connectivity index (χ3v) is 4.00. The molecule has 2 aromatic rings. The first-order chi connectivity index (χ1) is 11.5. The number of nitrogens with one attached hydrogen (secondary N) is 1. The zero-order valence-corrected chi connectivity index (χ0v) is 15.7. The van der Waals surface area contributed by atoms with E-state index in [1.807, 2.05) is 62.4 Å². The van der Waals surface area contributed by atoms with Crippen LogP contribution in [0.1, 0.15) is 19.4 Å². The second-order valence-electron chi connectivity index (χ2n) is 5.70. The van der Waals surface area contributed by atoms with Crippen molar-refractivity contribution in [3.05, 3.63) is 58.6 Å². The molecule has 1 N–H and O–H groups in total. The van der Waals surface area contributed by atoms with Gasteiger partial charge in [-0.1, -0.05) is 34.1 Å². The summed E-state index contributed by atoms with van der Waals surface area (Å²) in [7, 11) is 0. The molecule has 5 heteroatoms.